The minimum absolute atomic E-state index is 0.112. The van der Waals surface area contributed by atoms with E-state index in [1.165, 1.54) is 5.57 Å². The van der Waals surface area contributed by atoms with Crippen molar-refractivity contribution in [3.8, 4) is 0 Å². The quantitative estimate of drug-likeness (QED) is 0.790. The molecule has 0 spiro atoms. The minimum atomic E-state index is -0.874. The normalized spacial score (nSPS) is 27.2. The molecule has 2 aliphatic heterocycles. The molecule has 2 atom stereocenters. The van der Waals surface area contributed by atoms with Crippen LogP contribution >= 0.6 is 0 Å². The number of hydrogen-bond donors (Lipinski definition) is 1. The summed E-state index contributed by atoms with van der Waals surface area (Å²) in [4.78, 5) is 27.4. The van der Waals surface area contributed by atoms with E-state index >= 15 is 0 Å². The number of carboxylic acids is 1. The summed E-state index contributed by atoms with van der Waals surface area (Å²) in [5, 5.41) is 9.40. The molecule has 0 radical (unpaired) electrons. The largest absolute Gasteiger partial charge is 0.480 e. The molecule has 5 nitrogen and oxygen atoms in total. The van der Waals surface area contributed by atoms with Crippen molar-refractivity contribution in [2.45, 2.75) is 45.6 Å². The minimum Gasteiger partial charge on any atom is -0.480 e. The van der Waals surface area contributed by atoms with Gasteiger partial charge in [-0.3, -0.25) is 0 Å². The number of aliphatic carboxylic acids is 1. The van der Waals surface area contributed by atoms with Gasteiger partial charge in [-0.2, -0.15) is 0 Å². The molecule has 2 amide bonds. The SMILES string of the molecule is CCC1CCN(C(=O)N2CCC=C(C)C2)C(C(=O)O)C1. The third kappa shape index (κ3) is 3.14. The molecule has 5 heteroatoms. The Kier molecular flexibility index (Phi) is 4.68. The fourth-order valence-corrected chi connectivity index (χ4v) is 3.13. The number of piperidine rings is 1. The van der Waals surface area contributed by atoms with Crippen LogP contribution in [0.5, 0.6) is 0 Å². The van der Waals surface area contributed by atoms with Gasteiger partial charge < -0.3 is 14.9 Å². The van der Waals surface area contributed by atoms with Crippen molar-refractivity contribution in [3.63, 3.8) is 0 Å². The van der Waals surface area contributed by atoms with Crippen molar-refractivity contribution in [2.75, 3.05) is 19.6 Å². The van der Waals surface area contributed by atoms with Gasteiger partial charge in [0.15, 0.2) is 0 Å². The van der Waals surface area contributed by atoms with Crippen LogP contribution in [0.2, 0.25) is 0 Å². The van der Waals surface area contributed by atoms with Crippen molar-refractivity contribution < 1.29 is 14.7 Å². The third-order valence-electron chi connectivity index (χ3n) is 4.42. The highest BCUT2D eigenvalue weighted by molar-refractivity contribution is 5.83. The average molecular weight is 280 g/mol. The molecule has 1 saturated heterocycles. The van der Waals surface area contributed by atoms with E-state index < -0.39 is 12.0 Å². The second kappa shape index (κ2) is 6.29. The van der Waals surface area contributed by atoms with Gasteiger partial charge in [-0.15, -0.1) is 0 Å². The zero-order valence-electron chi connectivity index (χ0n) is 12.3. The molecular formula is C15H24N2O3. The second-order valence-electron chi connectivity index (χ2n) is 5.89. The molecule has 20 heavy (non-hydrogen) atoms. The molecule has 0 saturated carbocycles. The summed E-state index contributed by atoms with van der Waals surface area (Å²) in [6, 6.07) is -0.771. The summed E-state index contributed by atoms with van der Waals surface area (Å²) in [6.45, 7) is 5.97. The van der Waals surface area contributed by atoms with E-state index in [4.69, 9.17) is 0 Å². The molecule has 2 heterocycles. The Bertz CT molecular complexity index is 419. The highest BCUT2D eigenvalue weighted by Crippen LogP contribution is 2.27. The van der Waals surface area contributed by atoms with Crippen LogP contribution in [0.25, 0.3) is 0 Å². The van der Waals surface area contributed by atoms with Crippen molar-refractivity contribution in [2.24, 2.45) is 5.92 Å². The van der Waals surface area contributed by atoms with Gasteiger partial charge >= 0.3 is 12.0 Å². The lowest BCUT2D eigenvalue weighted by Crippen LogP contribution is -2.55. The summed E-state index contributed by atoms with van der Waals surface area (Å²) in [7, 11) is 0. The Labute approximate surface area is 120 Å². The van der Waals surface area contributed by atoms with Crippen LogP contribution in [0.3, 0.4) is 0 Å². The van der Waals surface area contributed by atoms with E-state index in [0.29, 0.717) is 32.0 Å². The molecule has 0 aliphatic carbocycles. The van der Waals surface area contributed by atoms with Gasteiger partial charge in [0, 0.05) is 19.6 Å². The molecule has 2 unspecified atom stereocenters. The monoisotopic (exact) mass is 280 g/mol. The van der Waals surface area contributed by atoms with Crippen molar-refractivity contribution >= 4 is 12.0 Å². The number of urea groups is 1. The summed E-state index contributed by atoms with van der Waals surface area (Å²) < 4.78 is 0. The predicted molar refractivity (Wildman–Crippen MR) is 76.5 cm³/mol. The number of carbonyl (C=O) groups is 2. The molecular weight excluding hydrogens is 256 g/mol. The summed E-state index contributed by atoms with van der Waals surface area (Å²) in [6.07, 6.45) is 5.48. The first-order valence-corrected chi connectivity index (χ1v) is 7.47. The van der Waals surface area contributed by atoms with Gasteiger partial charge in [0.2, 0.25) is 0 Å². The summed E-state index contributed by atoms with van der Waals surface area (Å²) in [5.41, 5.74) is 1.18. The number of nitrogens with zero attached hydrogens (tertiary/aromatic N) is 2. The standard InChI is InChI=1S/C15H24N2O3/c1-3-12-6-8-17(13(9-12)14(18)19)15(20)16-7-4-5-11(2)10-16/h5,12-13H,3-4,6-10H2,1-2H3,(H,18,19). The number of carboxylic acid groups (broad SMARTS) is 1. The van der Waals surface area contributed by atoms with Gasteiger partial charge in [-0.05, 0) is 32.1 Å². The average Bonchev–Trinajstić information content (AvgIpc) is 2.45. The Morgan fingerprint density at radius 1 is 1.40 bits per heavy atom. The molecule has 112 valence electrons. The molecule has 1 N–H and O–H groups in total. The smallest absolute Gasteiger partial charge is 0.326 e. The molecule has 0 bridgehead atoms. The highest BCUT2D eigenvalue weighted by atomic mass is 16.4. The number of hydrogen-bond acceptors (Lipinski definition) is 2. The zero-order chi connectivity index (χ0) is 14.7. The van der Waals surface area contributed by atoms with Gasteiger partial charge in [-0.1, -0.05) is 25.0 Å². The number of rotatable bonds is 2. The van der Waals surface area contributed by atoms with Crippen molar-refractivity contribution in [3.05, 3.63) is 11.6 Å². The second-order valence-corrected chi connectivity index (χ2v) is 5.89. The van der Waals surface area contributed by atoms with Gasteiger partial charge in [0.25, 0.3) is 0 Å². The van der Waals surface area contributed by atoms with E-state index in [1.807, 2.05) is 6.92 Å². The number of amides is 2. The van der Waals surface area contributed by atoms with E-state index in [2.05, 4.69) is 13.0 Å². The first kappa shape index (κ1) is 14.9. The topological polar surface area (TPSA) is 60.9 Å². The van der Waals surface area contributed by atoms with Gasteiger partial charge in [0.1, 0.15) is 6.04 Å². The van der Waals surface area contributed by atoms with Crippen LogP contribution < -0.4 is 0 Å². The van der Waals surface area contributed by atoms with Crippen LogP contribution in [0.4, 0.5) is 4.79 Å². The molecule has 0 aromatic rings. The summed E-state index contributed by atoms with van der Waals surface area (Å²) in [5.74, 6) is -0.455. The van der Waals surface area contributed by atoms with E-state index in [-0.39, 0.29) is 6.03 Å². The Hall–Kier alpha value is -1.52. The zero-order valence-corrected chi connectivity index (χ0v) is 12.3. The Morgan fingerprint density at radius 2 is 2.15 bits per heavy atom. The van der Waals surface area contributed by atoms with E-state index in [9.17, 15) is 14.7 Å². The first-order valence-electron chi connectivity index (χ1n) is 7.47. The molecule has 0 aromatic heterocycles. The molecule has 0 aromatic carbocycles. The van der Waals surface area contributed by atoms with E-state index in [0.717, 1.165) is 19.3 Å². The van der Waals surface area contributed by atoms with Gasteiger partial charge in [0.05, 0.1) is 0 Å². The van der Waals surface area contributed by atoms with Crippen LogP contribution in [0.15, 0.2) is 11.6 Å². The van der Waals surface area contributed by atoms with Crippen LogP contribution in [-0.2, 0) is 4.79 Å². The fraction of sp³-hybridized carbons (Fsp3) is 0.733. The van der Waals surface area contributed by atoms with E-state index in [1.54, 1.807) is 9.80 Å². The Balaban J connectivity index is 2.07. The maximum Gasteiger partial charge on any atom is 0.326 e. The van der Waals surface area contributed by atoms with Crippen LogP contribution in [0.1, 0.15) is 39.5 Å². The fourth-order valence-electron chi connectivity index (χ4n) is 3.13. The Morgan fingerprint density at radius 3 is 2.75 bits per heavy atom. The lowest BCUT2D eigenvalue weighted by Gasteiger charge is -2.40. The third-order valence-corrected chi connectivity index (χ3v) is 4.42. The lowest BCUT2D eigenvalue weighted by molar-refractivity contribution is -0.144. The predicted octanol–water partition coefficient (Wildman–Crippen LogP) is 2.33. The highest BCUT2D eigenvalue weighted by Gasteiger charge is 2.37. The maximum absolute atomic E-state index is 12.6. The van der Waals surface area contributed by atoms with Crippen LogP contribution in [-0.4, -0.2) is 52.6 Å². The molecule has 1 fully saturated rings. The first-order chi connectivity index (χ1) is 9.52. The van der Waals surface area contributed by atoms with Crippen molar-refractivity contribution in [1.82, 2.24) is 9.80 Å². The van der Waals surface area contributed by atoms with Crippen LogP contribution in [0, 0.1) is 5.92 Å². The summed E-state index contributed by atoms with van der Waals surface area (Å²) >= 11 is 0. The van der Waals surface area contributed by atoms with Crippen molar-refractivity contribution in [1.29, 1.82) is 0 Å². The molecule has 2 rings (SSSR count). The van der Waals surface area contributed by atoms with Gasteiger partial charge in [-0.25, -0.2) is 9.59 Å². The maximum atomic E-state index is 12.6. The number of likely N-dealkylation sites (tertiary alicyclic amines) is 1. The number of carbonyl (C=O) groups excluding carboxylic acids is 1. The lowest BCUT2D eigenvalue weighted by atomic mass is 9.89. The molecule has 2 aliphatic rings.